The summed E-state index contributed by atoms with van der Waals surface area (Å²) in [5.74, 6) is -0.876. The lowest BCUT2D eigenvalue weighted by Crippen LogP contribution is -2.02. The van der Waals surface area contributed by atoms with Gasteiger partial charge in [0, 0.05) is 17.3 Å². The number of hydrogen-bond acceptors (Lipinski definition) is 4. The summed E-state index contributed by atoms with van der Waals surface area (Å²) in [5.41, 5.74) is 11.5. The molecule has 0 unspecified atom stereocenters. The van der Waals surface area contributed by atoms with Gasteiger partial charge in [-0.1, -0.05) is 0 Å². The molecule has 0 atom stereocenters. The lowest BCUT2D eigenvalue weighted by molar-refractivity contribution is -0.387. The van der Waals surface area contributed by atoms with Gasteiger partial charge in [0.2, 0.25) is 5.82 Å². The SMILES string of the molecule is Cc1cc(F)c([N+](=O)[O-])cc1/C(N)=C/C=C\N. The highest BCUT2D eigenvalue weighted by atomic mass is 19.1. The molecule has 0 saturated heterocycles. The topological polar surface area (TPSA) is 95.2 Å². The van der Waals surface area contributed by atoms with Gasteiger partial charge in [-0.2, -0.15) is 4.39 Å². The second-order valence-corrected chi connectivity index (χ2v) is 3.38. The molecule has 0 aliphatic carbocycles. The maximum absolute atomic E-state index is 13.3. The summed E-state index contributed by atoms with van der Waals surface area (Å²) < 4.78 is 13.3. The highest BCUT2D eigenvalue weighted by Crippen LogP contribution is 2.24. The highest BCUT2D eigenvalue weighted by molar-refractivity contribution is 5.69. The molecular formula is C11H12FN3O2. The van der Waals surface area contributed by atoms with Crippen LogP contribution in [0.1, 0.15) is 11.1 Å². The second kappa shape index (κ2) is 5.11. The van der Waals surface area contributed by atoms with E-state index in [1.54, 1.807) is 6.92 Å². The van der Waals surface area contributed by atoms with Crippen molar-refractivity contribution >= 4 is 11.4 Å². The Morgan fingerprint density at radius 1 is 1.53 bits per heavy atom. The van der Waals surface area contributed by atoms with E-state index in [1.165, 1.54) is 18.4 Å². The zero-order valence-corrected chi connectivity index (χ0v) is 9.18. The highest BCUT2D eigenvalue weighted by Gasteiger charge is 2.17. The van der Waals surface area contributed by atoms with Gasteiger partial charge in [-0.3, -0.25) is 10.1 Å². The van der Waals surface area contributed by atoms with E-state index in [9.17, 15) is 14.5 Å². The van der Waals surface area contributed by atoms with Crippen LogP contribution in [0.15, 0.2) is 30.5 Å². The lowest BCUT2D eigenvalue weighted by Gasteiger charge is -2.06. The molecule has 0 aromatic heterocycles. The van der Waals surface area contributed by atoms with Crippen molar-refractivity contribution in [3.63, 3.8) is 0 Å². The van der Waals surface area contributed by atoms with Crippen LogP contribution >= 0.6 is 0 Å². The first kappa shape index (κ1) is 12.7. The van der Waals surface area contributed by atoms with Gasteiger partial charge in [-0.15, -0.1) is 0 Å². The molecule has 4 N–H and O–H groups in total. The van der Waals surface area contributed by atoms with E-state index in [1.807, 2.05) is 0 Å². The zero-order valence-electron chi connectivity index (χ0n) is 9.18. The molecular weight excluding hydrogens is 225 g/mol. The number of rotatable bonds is 3. The van der Waals surface area contributed by atoms with Crippen LogP contribution in [0.4, 0.5) is 10.1 Å². The molecule has 17 heavy (non-hydrogen) atoms. The first-order chi connectivity index (χ1) is 7.97. The largest absolute Gasteiger partial charge is 0.405 e. The molecule has 0 fully saturated rings. The molecule has 0 amide bonds. The summed E-state index contributed by atoms with van der Waals surface area (Å²) in [6.45, 7) is 1.62. The van der Waals surface area contributed by atoms with Crippen LogP contribution in [0.5, 0.6) is 0 Å². The fraction of sp³-hybridized carbons (Fsp3) is 0.0909. The Balaban J connectivity index is 3.34. The predicted octanol–water partition coefficient (Wildman–Crippen LogP) is 1.81. The van der Waals surface area contributed by atoms with Crippen molar-refractivity contribution in [2.24, 2.45) is 11.5 Å². The van der Waals surface area contributed by atoms with Gasteiger partial charge in [0.25, 0.3) is 0 Å². The number of hydrogen-bond donors (Lipinski definition) is 2. The van der Waals surface area contributed by atoms with Crippen LogP contribution in [-0.2, 0) is 0 Å². The average Bonchev–Trinajstić information content (AvgIpc) is 2.25. The van der Waals surface area contributed by atoms with Crippen LogP contribution in [0.2, 0.25) is 0 Å². The Morgan fingerprint density at radius 3 is 2.71 bits per heavy atom. The standard InChI is InChI=1S/C11H12FN3O2/c1-7-5-9(12)11(15(16)17)6-8(7)10(14)3-2-4-13/h2-6H,13-14H2,1H3/b4-2-,10-3-. The van der Waals surface area contributed by atoms with Crippen molar-refractivity contribution in [3.05, 3.63) is 57.5 Å². The van der Waals surface area contributed by atoms with E-state index in [0.717, 1.165) is 12.1 Å². The Labute approximate surface area is 97.4 Å². The van der Waals surface area contributed by atoms with E-state index in [-0.39, 0.29) is 5.70 Å². The van der Waals surface area contributed by atoms with Crippen LogP contribution in [0, 0.1) is 22.9 Å². The van der Waals surface area contributed by atoms with E-state index in [0.29, 0.717) is 11.1 Å². The minimum atomic E-state index is -0.876. The number of nitrogens with two attached hydrogens (primary N) is 2. The molecule has 1 aromatic carbocycles. The van der Waals surface area contributed by atoms with E-state index >= 15 is 0 Å². The van der Waals surface area contributed by atoms with Crippen molar-refractivity contribution in [1.82, 2.24) is 0 Å². The van der Waals surface area contributed by atoms with Crippen LogP contribution in [0.25, 0.3) is 5.70 Å². The minimum Gasteiger partial charge on any atom is -0.405 e. The fourth-order valence-corrected chi connectivity index (χ4v) is 1.36. The van der Waals surface area contributed by atoms with Gasteiger partial charge < -0.3 is 11.5 Å². The van der Waals surface area contributed by atoms with Crippen LogP contribution in [0.3, 0.4) is 0 Å². The first-order valence-corrected chi connectivity index (χ1v) is 4.76. The predicted molar refractivity (Wildman–Crippen MR) is 63.3 cm³/mol. The number of halogens is 1. The van der Waals surface area contributed by atoms with Gasteiger partial charge in [0.05, 0.1) is 4.92 Å². The van der Waals surface area contributed by atoms with Crippen molar-refractivity contribution < 1.29 is 9.31 Å². The molecule has 0 saturated carbocycles. The van der Waals surface area contributed by atoms with Gasteiger partial charge >= 0.3 is 5.69 Å². The summed E-state index contributed by atoms with van der Waals surface area (Å²) in [6.07, 6.45) is 4.26. The van der Waals surface area contributed by atoms with Gasteiger partial charge in [0.15, 0.2) is 0 Å². The first-order valence-electron chi connectivity index (χ1n) is 4.76. The molecule has 1 rings (SSSR count). The molecule has 0 spiro atoms. The number of benzene rings is 1. The molecule has 0 radical (unpaired) electrons. The van der Waals surface area contributed by atoms with Gasteiger partial charge in [-0.05, 0) is 36.9 Å². The molecule has 0 aliphatic heterocycles. The monoisotopic (exact) mass is 237 g/mol. The second-order valence-electron chi connectivity index (χ2n) is 3.38. The molecule has 0 bridgehead atoms. The summed E-state index contributed by atoms with van der Waals surface area (Å²) >= 11 is 0. The average molecular weight is 237 g/mol. The summed E-state index contributed by atoms with van der Waals surface area (Å²) in [6, 6.07) is 2.20. The van der Waals surface area contributed by atoms with Crippen LogP contribution < -0.4 is 11.5 Å². The normalized spacial score (nSPS) is 12.0. The molecule has 1 aromatic rings. The molecule has 90 valence electrons. The van der Waals surface area contributed by atoms with Crippen molar-refractivity contribution in [3.8, 4) is 0 Å². The zero-order chi connectivity index (χ0) is 13.0. The fourth-order valence-electron chi connectivity index (χ4n) is 1.36. The maximum Gasteiger partial charge on any atom is 0.305 e. The summed E-state index contributed by atoms with van der Waals surface area (Å²) in [4.78, 5) is 9.81. The number of nitro groups is 1. The third-order valence-corrected chi connectivity index (χ3v) is 2.19. The van der Waals surface area contributed by atoms with Gasteiger partial charge in [-0.25, -0.2) is 0 Å². The van der Waals surface area contributed by atoms with E-state index in [2.05, 4.69) is 0 Å². The molecule has 5 nitrogen and oxygen atoms in total. The quantitative estimate of drug-likeness (QED) is 0.476. The molecule has 0 heterocycles. The Morgan fingerprint density at radius 2 is 2.18 bits per heavy atom. The third-order valence-electron chi connectivity index (χ3n) is 2.19. The van der Waals surface area contributed by atoms with E-state index < -0.39 is 16.4 Å². The maximum atomic E-state index is 13.3. The van der Waals surface area contributed by atoms with Crippen molar-refractivity contribution in [2.75, 3.05) is 0 Å². The number of nitro benzene ring substituents is 1. The molecule has 6 heteroatoms. The van der Waals surface area contributed by atoms with Crippen molar-refractivity contribution in [1.29, 1.82) is 0 Å². The molecule has 0 aliphatic rings. The lowest BCUT2D eigenvalue weighted by atomic mass is 10.0. The Kier molecular flexibility index (Phi) is 3.82. The Bertz CT molecular complexity index is 510. The van der Waals surface area contributed by atoms with Crippen molar-refractivity contribution in [2.45, 2.75) is 6.92 Å². The van der Waals surface area contributed by atoms with E-state index in [4.69, 9.17) is 11.5 Å². The Hall–Kier alpha value is -2.37. The number of nitrogens with zero attached hydrogens (tertiary/aromatic N) is 1. The van der Waals surface area contributed by atoms with Gasteiger partial charge in [0.1, 0.15) is 0 Å². The third kappa shape index (κ3) is 2.81. The summed E-state index contributed by atoms with van der Waals surface area (Å²) in [7, 11) is 0. The number of aryl methyl sites for hydroxylation is 1. The smallest absolute Gasteiger partial charge is 0.305 e. The van der Waals surface area contributed by atoms with Crippen LogP contribution in [-0.4, -0.2) is 4.92 Å². The minimum absolute atomic E-state index is 0.285. The summed E-state index contributed by atoms with van der Waals surface area (Å²) in [5, 5.41) is 10.6. The number of allylic oxidation sites excluding steroid dienone is 2.